The van der Waals surface area contributed by atoms with Crippen LogP contribution in [0.2, 0.25) is 0 Å². The number of allylic oxidation sites excluding steroid dienone is 10. The van der Waals surface area contributed by atoms with Crippen LogP contribution in [0.3, 0.4) is 0 Å². The molecule has 0 aromatic carbocycles. The summed E-state index contributed by atoms with van der Waals surface area (Å²) < 4.78 is 32.9. The van der Waals surface area contributed by atoms with Crippen molar-refractivity contribution in [3.8, 4) is 0 Å². The van der Waals surface area contributed by atoms with Crippen molar-refractivity contribution in [3.05, 3.63) is 60.8 Å². The summed E-state index contributed by atoms with van der Waals surface area (Å²) >= 11 is 0. The maximum atomic E-state index is 12.6. The number of ether oxygens (including phenoxy) is 2. The third kappa shape index (κ3) is 47.0. The minimum Gasteiger partial charge on any atom is -0.462 e. The van der Waals surface area contributed by atoms with Crippen molar-refractivity contribution >= 4 is 19.8 Å². The molecule has 354 valence electrons. The van der Waals surface area contributed by atoms with Gasteiger partial charge in [0.05, 0.1) is 13.2 Å². The number of hydrogen-bond donors (Lipinski definition) is 2. The van der Waals surface area contributed by atoms with Crippen molar-refractivity contribution in [2.45, 2.75) is 225 Å². The van der Waals surface area contributed by atoms with Gasteiger partial charge in [0.25, 0.3) is 0 Å². The van der Waals surface area contributed by atoms with Crippen LogP contribution in [-0.2, 0) is 32.7 Å². The minimum atomic E-state index is -4.38. The molecule has 2 atom stereocenters. The van der Waals surface area contributed by atoms with E-state index in [9.17, 15) is 19.0 Å². The molecule has 0 aliphatic rings. The van der Waals surface area contributed by atoms with Gasteiger partial charge >= 0.3 is 19.8 Å². The highest BCUT2D eigenvalue weighted by molar-refractivity contribution is 7.47. The van der Waals surface area contributed by atoms with E-state index in [1.807, 2.05) is 0 Å². The normalized spacial score (nSPS) is 13.7. The van der Waals surface area contributed by atoms with Crippen molar-refractivity contribution in [1.82, 2.24) is 0 Å². The minimum absolute atomic E-state index is 0.0511. The lowest BCUT2D eigenvalue weighted by Crippen LogP contribution is -2.29. The van der Waals surface area contributed by atoms with Crippen LogP contribution in [0.1, 0.15) is 219 Å². The Hall–Kier alpha value is -2.29. The Balaban J connectivity index is 3.99. The van der Waals surface area contributed by atoms with Gasteiger partial charge < -0.3 is 20.1 Å². The summed E-state index contributed by atoms with van der Waals surface area (Å²) in [7, 11) is -4.38. The maximum Gasteiger partial charge on any atom is 0.472 e. The van der Waals surface area contributed by atoms with Crippen LogP contribution in [0.25, 0.3) is 0 Å². The van der Waals surface area contributed by atoms with E-state index in [0.29, 0.717) is 6.42 Å². The SMILES string of the molecule is CC/C=C\C/C=C\C/C=C\C/C=C\CCCCCCCCCCCCCCCCC(=O)OC(COC(=O)CCCCCCC/C=C\CCCCCC)COP(=O)(O)OCCN. The van der Waals surface area contributed by atoms with E-state index in [4.69, 9.17) is 24.3 Å². The molecule has 0 bridgehead atoms. The van der Waals surface area contributed by atoms with Gasteiger partial charge in [-0.05, 0) is 77.0 Å². The highest BCUT2D eigenvalue weighted by Gasteiger charge is 2.26. The number of phosphoric acid groups is 1. The summed E-state index contributed by atoms with van der Waals surface area (Å²) in [6.45, 7) is 3.61. The Morgan fingerprint density at radius 3 is 1.36 bits per heavy atom. The summed E-state index contributed by atoms with van der Waals surface area (Å²) in [5.41, 5.74) is 5.36. The lowest BCUT2D eigenvalue weighted by molar-refractivity contribution is -0.161. The van der Waals surface area contributed by atoms with Crippen LogP contribution in [0.5, 0.6) is 0 Å². The number of unbranched alkanes of at least 4 members (excludes halogenated alkanes) is 23. The molecule has 0 aromatic heterocycles. The van der Waals surface area contributed by atoms with Gasteiger partial charge in [-0.2, -0.15) is 0 Å². The van der Waals surface area contributed by atoms with E-state index < -0.39 is 32.5 Å². The van der Waals surface area contributed by atoms with Gasteiger partial charge in [-0.25, -0.2) is 4.57 Å². The molecule has 0 heterocycles. The first-order chi connectivity index (χ1) is 29.8. The molecule has 3 N–H and O–H groups in total. The number of hydrogen-bond acceptors (Lipinski definition) is 8. The summed E-state index contributed by atoms with van der Waals surface area (Å²) in [4.78, 5) is 35.0. The average molecular weight is 878 g/mol. The van der Waals surface area contributed by atoms with E-state index in [-0.39, 0.29) is 32.6 Å². The van der Waals surface area contributed by atoms with Crippen molar-refractivity contribution in [2.24, 2.45) is 5.73 Å². The Bertz CT molecular complexity index is 1180. The quantitative estimate of drug-likeness (QED) is 0.0265. The molecule has 0 aromatic rings. The molecule has 9 nitrogen and oxygen atoms in total. The average Bonchev–Trinajstić information content (AvgIpc) is 3.25. The molecule has 2 unspecified atom stereocenters. The molecule has 0 saturated carbocycles. The third-order valence-electron chi connectivity index (χ3n) is 10.4. The zero-order valence-corrected chi connectivity index (χ0v) is 40.0. The summed E-state index contributed by atoms with van der Waals surface area (Å²) in [5.74, 6) is -0.837. The van der Waals surface area contributed by atoms with Crippen molar-refractivity contribution < 1.29 is 37.6 Å². The Labute approximate surface area is 374 Å². The summed E-state index contributed by atoms with van der Waals surface area (Å²) in [6, 6.07) is 0. The van der Waals surface area contributed by atoms with Gasteiger partial charge in [-0.3, -0.25) is 18.6 Å². The number of carbonyl (C=O) groups is 2. The van der Waals surface area contributed by atoms with Gasteiger partial charge in [0.2, 0.25) is 0 Å². The van der Waals surface area contributed by atoms with Crippen LogP contribution in [0, 0.1) is 0 Å². The Morgan fingerprint density at radius 2 is 0.902 bits per heavy atom. The first-order valence-electron chi connectivity index (χ1n) is 24.8. The largest absolute Gasteiger partial charge is 0.472 e. The van der Waals surface area contributed by atoms with Crippen molar-refractivity contribution in [1.29, 1.82) is 0 Å². The molecular formula is C51H92NO8P. The van der Waals surface area contributed by atoms with E-state index >= 15 is 0 Å². The monoisotopic (exact) mass is 878 g/mol. The van der Waals surface area contributed by atoms with Gasteiger partial charge in [-0.15, -0.1) is 0 Å². The molecule has 0 aliphatic carbocycles. The summed E-state index contributed by atoms with van der Waals surface area (Å²) in [6.07, 6.45) is 56.9. The van der Waals surface area contributed by atoms with Gasteiger partial charge in [0.15, 0.2) is 6.10 Å². The zero-order valence-electron chi connectivity index (χ0n) is 39.1. The predicted octanol–water partition coefficient (Wildman–Crippen LogP) is 14.8. The smallest absolute Gasteiger partial charge is 0.462 e. The zero-order chi connectivity index (χ0) is 44.6. The number of esters is 2. The first-order valence-corrected chi connectivity index (χ1v) is 26.3. The van der Waals surface area contributed by atoms with Crippen LogP contribution in [0.15, 0.2) is 60.8 Å². The fraction of sp³-hybridized carbons (Fsp3) is 0.765. The fourth-order valence-corrected chi connectivity index (χ4v) is 7.50. The second kappa shape index (κ2) is 47.2. The molecule has 10 heteroatoms. The number of rotatable bonds is 46. The molecule has 61 heavy (non-hydrogen) atoms. The molecule has 0 saturated heterocycles. The van der Waals surface area contributed by atoms with Gasteiger partial charge in [0.1, 0.15) is 6.61 Å². The number of phosphoric ester groups is 1. The first kappa shape index (κ1) is 58.7. The van der Waals surface area contributed by atoms with Crippen LogP contribution >= 0.6 is 7.82 Å². The second-order valence-electron chi connectivity index (χ2n) is 16.3. The standard InChI is InChI=1S/C51H92NO8P/c1-3-5-7-9-11-13-15-17-18-19-20-21-22-23-24-25-26-27-28-29-30-32-34-36-38-40-42-44-51(54)60-49(48-59-61(55,56)58-46-45-52)47-57-50(53)43-41-39-37-35-33-31-16-14-12-10-8-6-4-2/h5,7,11,13-14,16-18,20-21,49H,3-4,6,8-10,12,15,19,22-48,52H2,1-2H3,(H,55,56)/b7-5-,13-11-,16-14-,18-17-,21-20-. The fourth-order valence-electron chi connectivity index (χ4n) is 6.74. The molecule has 0 amide bonds. The molecular weight excluding hydrogens is 786 g/mol. The van der Waals surface area contributed by atoms with Crippen LogP contribution in [-0.4, -0.2) is 49.3 Å². The van der Waals surface area contributed by atoms with Crippen molar-refractivity contribution in [3.63, 3.8) is 0 Å². The molecule has 0 fully saturated rings. The van der Waals surface area contributed by atoms with Gasteiger partial charge in [-0.1, -0.05) is 190 Å². The van der Waals surface area contributed by atoms with Gasteiger partial charge in [0, 0.05) is 19.4 Å². The van der Waals surface area contributed by atoms with Crippen LogP contribution < -0.4 is 5.73 Å². The highest BCUT2D eigenvalue weighted by Crippen LogP contribution is 2.43. The maximum absolute atomic E-state index is 12.6. The van der Waals surface area contributed by atoms with E-state index in [2.05, 4.69) is 74.6 Å². The Kier molecular flexibility index (Phi) is 45.4. The summed E-state index contributed by atoms with van der Waals surface area (Å²) in [5, 5.41) is 0. The van der Waals surface area contributed by atoms with E-state index in [1.54, 1.807) is 0 Å². The Morgan fingerprint density at radius 1 is 0.508 bits per heavy atom. The van der Waals surface area contributed by atoms with E-state index in [1.165, 1.54) is 103 Å². The highest BCUT2D eigenvalue weighted by atomic mass is 31.2. The molecule has 0 rings (SSSR count). The number of carbonyl (C=O) groups excluding carboxylic acids is 2. The molecule has 0 spiro atoms. The number of nitrogens with two attached hydrogens (primary N) is 1. The predicted molar refractivity (Wildman–Crippen MR) is 256 cm³/mol. The van der Waals surface area contributed by atoms with Crippen molar-refractivity contribution in [2.75, 3.05) is 26.4 Å². The lowest BCUT2D eigenvalue weighted by Gasteiger charge is -2.19. The van der Waals surface area contributed by atoms with E-state index in [0.717, 1.165) is 83.5 Å². The van der Waals surface area contributed by atoms with Crippen LogP contribution in [0.4, 0.5) is 0 Å². The second-order valence-corrected chi connectivity index (χ2v) is 17.8. The topological polar surface area (TPSA) is 134 Å². The lowest BCUT2D eigenvalue weighted by atomic mass is 10.0. The molecule has 0 aliphatic heterocycles. The molecule has 0 radical (unpaired) electrons. The third-order valence-corrected chi connectivity index (χ3v) is 11.4.